The summed E-state index contributed by atoms with van der Waals surface area (Å²) in [6, 6.07) is 20.2. The fourth-order valence-corrected chi connectivity index (χ4v) is 2.35. The third-order valence-electron chi connectivity index (χ3n) is 3.41. The summed E-state index contributed by atoms with van der Waals surface area (Å²) >= 11 is 0. The van der Waals surface area contributed by atoms with Gasteiger partial charge in [-0.05, 0) is 18.1 Å². The molecule has 0 spiro atoms. The van der Waals surface area contributed by atoms with Crippen LogP contribution in [0.15, 0.2) is 60.7 Å². The molecule has 3 aromatic rings. The van der Waals surface area contributed by atoms with Gasteiger partial charge in [-0.15, -0.1) is 0 Å². The number of aryl methyl sites for hydroxylation is 1. The summed E-state index contributed by atoms with van der Waals surface area (Å²) in [6.45, 7) is 2.14. The second-order valence-corrected chi connectivity index (χ2v) is 4.71. The maximum Gasteiger partial charge on any atom is 0.127 e. The molecule has 0 radical (unpaired) electrons. The van der Waals surface area contributed by atoms with Crippen molar-refractivity contribution in [2.75, 3.05) is 5.73 Å². The topological polar surface area (TPSA) is 43.8 Å². The van der Waals surface area contributed by atoms with Gasteiger partial charge < -0.3 is 5.73 Å². The number of benzene rings is 2. The zero-order valence-corrected chi connectivity index (χ0v) is 11.5. The summed E-state index contributed by atoms with van der Waals surface area (Å²) < 4.78 is 1.82. The Bertz CT molecular complexity index is 714. The van der Waals surface area contributed by atoms with Gasteiger partial charge in [-0.1, -0.05) is 55.5 Å². The molecule has 0 fully saturated rings. The number of para-hydroxylation sites is 1. The molecule has 1 heterocycles. The first kappa shape index (κ1) is 12.5. The van der Waals surface area contributed by atoms with Crippen molar-refractivity contribution in [2.24, 2.45) is 0 Å². The van der Waals surface area contributed by atoms with Crippen LogP contribution in [-0.2, 0) is 6.42 Å². The van der Waals surface area contributed by atoms with E-state index < -0.39 is 0 Å². The summed E-state index contributed by atoms with van der Waals surface area (Å²) in [6.07, 6.45) is 0.955. The van der Waals surface area contributed by atoms with E-state index in [4.69, 9.17) is 5.73 Å². The number of nitrogen functional groups attached to an aromatic ring is 1. The number of hydrogen-bond donors (Lipinski definition) is 1. The Hall–Kier alpha value is -2.55. The van der Waals surface area contributed by atoms with Gasteiger partial charge in [-0.25, -0.2) is 4.68 Å². The Labute approximate surface area is 118 Å². The van der Waals surface area contributed by atoms with E-state index in [0.717, 1.165) is 23.4 Å². The van der Waals surface area contributed by atoms with Crippen LogP contribution in [0.5, 0.6) is 0 Å². The largest absolute Gasteiger partial charge is 0.384 e. The van der Waals surface area contributed by atoms with Crippen LogP contribution in [0.4, 0.5) is 5.82 Å². The number of hydrogen-bond acceptors (Lipinski definition) is 2. The molecular formula is C17H17N3. The zero-order valence-electron chi connectivity index (χ0n) is 11.5. The van der Waals surface area contributed by atoms with Gasteiger partial charge in [0.25, 0.3) is 0 Å². The van der Waals surface area contributed by atoms with Gasteiger partial charge in [0, 0.05) is 11.6 Å². The monoisotopic (exact) mass is 263 g/mol. The summed E-state index contributed by atoms with van der Waals surface area (Å²) in [5.41, 5.74) is 10.4. The van der Waals surface area contributed by atoms with Gasteiger partial charge in [-0.3, -0.25) is 0 Å². The Balaban J connectivity index is 2.10. The molecule has 0 aliphatic rings. The maximum absolute atomic E-state index is 6.13. The molecule has 1 aromatic heterocycles. The quantitative estimate of drug-likeness (QED) is 0.783. The Morgan fingerprint density at radius 1 is 1.00 bits per heavy atom. The fraction of sp³-hybridized carbons (Fsp3) is 0.118. The summed E-state index contributed by atoms with van der Waals surface area (Å²) in [5.74, 6) is 0.657. The van der Waals surface area contributed by atoms with Crippen LogP contribution in [0.1, 0.15) is 12.5 Å². The predicted molar refractivity (Wildman–Crippen MR) is 82.8 cm³/mol. The highest BCUT2D eigenvalue weighted by Gasteiger charge is 2.10. The Morgan fingerprint density at radius 2 is 1.70 bits per heavy atom. The lowest BCUT2D eigenvalue weighted by molar-refractivity contribution is 0.876. The first-order chi connectivity index (χ1) is 9.79. The van der Waals surface area contributed by atoms with Gasteiger partial charge in [0.1, 0.15) is 5.82 Å². The van der Waals surface area contributed by atoms with E-state index in [2.05, 4.69) is 24.2 Å². The third-order valence-corrected chi connectivity index (χ3v) is 3.41. The molecule has 0 saturated heterocycles. The van der Waals surface area contributed by atoms with Crippen molar-refractivity contribution >= 4 is 5.82 Å². The molecule has 3 nitrogen and oxygen atoms in total. The number of anilines is 1. The van der Waals surface area contributed by atoms with Crippen molar-refractivity contribution in [1.82, 2.24) is 9.78 Å². The molecule has 3 rings (SSSR count). The second kappa shape index (κ2) is 5.21. The minimum Gasteiger partial charge on any atom is -0.384 e. The summed E-state index contributed by atoms with van der Waals surface area (Å²) in [5, 5.41) is 4.65. The van der Waals surface area contributed by atoms with E-state index >= 15 is 0 Å². The second-order valence-electron chi connectivity index (χ2n) is 4.71. The van der Waals surface area contributed by atoms with E-state index in [9.17, 15) is 0 Å². The molecule has 0 amide bonds. The number of rotatable bonds is 3. The number of nitrogens with two attached hydrogens (primary N) is 1. The van der Waals surface area contributed by atoms with Crippen LogP contribution >= 0.6 is 0 Å². The summed E-state index contributed by atoms with van der Waals surface area (Å²) in [7, 11) is 0. The molecule has 0 aliphatic heterocycles. The molecule has 0 aliphatic carbocycles. The predicted octanol–water partition coefficient (Wildman–Crippen LogP) is 3.68. The lowest BCUT2D eigenvalue weighted by Crippen LogP contribution is -2.04. The summed E-state index contributed by atoms with van der Waals surface area (Å²) in [4.78, 5) is 0. The van der Waals surface area contributed by atoms with Crippen LogP contribution in [0.2, 0.25) is 0 Å². The maximum atomic E-state index is 6.13. The average Bonchev–Trinajstić information content (AvgIpc) is 2.90. The van der Waals surface area contributed by atoms with Gasteiger partial charge in [0.2, 0.25) is 0 Å². The normalized spacial score (nSPS) is 10.7. The highest BCUT2D eigenvalue weighted by molar-refractivity contribution is 5.64. The first-order valence-electron chi connectivity index (χ1n) is 6.79. The van der Waals surface area contributed by atoms with Gasteiger partial charge in [0.15, 0.2) is 0 Å². The standard InChI is InChI=1S/C17H17N3/c1-2-13-8-6-7-11-16(13)20-17(18)12-15(19-20)14-9-4-3-5-10-14/h3-12H,2,18H2,1H3. The highest BCUT2D eigenvalue weighted by Crippen LogP contribution is 2.24. The van der Waals surface area contributed by atoms with Crippen molar-refractivity contribution in [2.45, 2.75) is 13.3 Å². The SMILES string of the molecule is CCc1ccccc1-n1nc(-c2ccccc2)cc1N. The van der Waals surface area contributed by atoms with Crippen molar-refractivity contribution in [3.05, 3.63) is 66.2 Å². The lowest BCUT2D eigenvalue weighted by Gasteiger charge is -2.08. The molecule has 3 heteroatoms. The molecule has 0 bridgehead atoms. The minimum absolute atomic E-state index is 0.657. The number of nitrogens with zero attached hydrogens (tertiary/aromatic N) is 2. The Kier molecular flexibility index (Phi) is 3.25. The number of aromatic nitrogens is 2. The molecule has 2 aromatic carbocycles. The highest BCUT2D eigenvalue weighted by atomic mass is 15.3. The van der Waals surface area contributed by atoms with E-state index in [1.807, 2.05) is 53.2 Å². The van der Waals surface area contributed by atoms with Gasteiger partial charge in [-0.2, -0.15) is 5.10 Å². The Morgan fingerprint density at radius 3 is 2.45 bits per heavy atom. The molecule has 0 atom stereocenters. The molecule has 2 N–H and O–H groups in total. The first-order valence-corrected chi connectivity index (χ1v) is 6.79. The van der Waals surface area contributed by atoms with Gasteiger partial charge >= 0.3 is 0 Å². The van der Waals surface area contributed by atoms with Crippen LogP contribution in [0, 0.1) is 0 Å². The van der Waals surface area contributed by atoms with Gasteiger partial charge in [0.05, 0.1) is 11.4 Å². The van der Waals surface area contributed by atoms with E-state index in [1.165, 1.54) is 5.56 Å². The lowest BCUT2D eigenvalue weighted by atomic mass is 10.1. The fourth-order valence-electron chi connectivity index (χ4n) is 2.35. The van der Waals surface area contributed by atoms with Crippen LogP contribution < -0.4 is 5.73 Å². The zero-order chi connectivity index (χ0) is 13.9. The van der Waals surface area contributed by atoms with E-state index in [1.54, 1.807) is 0 Å². The van der Waals surface area contributed by atoms with E-state index in [-0.39, 0.29) is 0 Å². The van der Waals surface area contributed by atoms with Crippen molar-refractivity contribution < 1.29 is 0 Å². The smallest absolute Gasteiger partial charge is 0.127 e. The van der Waals surface area contributed by atoms with Crippen LogP contribution in [0.3, 0.4) is 0 Å². The minimum atomic E-state index is 0.657. The van der Waals surface area contributed by atoms with Crippen LogP contribution in [-0.4, -0.2) is 9.78 Å². The molecule has 100 valence electrons. The van der Waals surface area contributed by atoms with Crippen molar-refractivity contribution in [1.29, 1.82) is 0 Å². The molecule has 20 heavy (non-hydrogen) atoms. The third kappa shape index (κ3) is 2.18. The molecule has 0 saturated carbocycles. The molecule has 0 unspecified atom stereocenters. The molecular weight excluding hydrogens is 246 g/mol. The van der Waals surface area contributed by atoms with Crippen molar-refractivity contribution in [3.8, 4) is 16.9 Å². The van der Waals surface area contributed by atoms with Crippen molar-refractivity contribution in [3.63, 3.8) is 0 Å². The average molecular weight is 263 g/mol. The van der Waals surface area contributed by atoms with E-state index in [0.29, 0.717) is 5.82 Å². The van der Waals surface area contributed by atoms with Crippen LogP contribution in [0.25, 0.3) is 16.9 Å².